The fourth-order valence-electron chi connectivity index (χ4n) is 0.762. The Balaban J connectivity index is 2.93. The minimum atomic E-state index is -0.920. The van der Waals surface area contributed by atoms with Crippen LogP contribution >= 0.6 is 27.5 Å². The van der Waals surface area contributed by atoms with E-state index in [4.69, 9.17) is 16.7 Å². The number of halogens is 2. The van der Waals surface area contributed by atoms with E-state index in [2.05, 4.69) is 20.9 Å². The second kappa shape index (κ2) is 3.87. The number of nitrogens with zero attached hydrogens (tertiary/aromatic N) is 1. The molecule has 12 heavy (non-hydrogen) atoms. The monoisotopic (exact) mass is 249 g/mol. The van der Waals surface area contributed by atoms with Crippen molar-refractivity contribution in [3.63, 3.8) is 0 Å². The largest absolute Gasteiger partial charge is 0.481 e. The van der Waals surface area contributed by atoms with Crippen LogP contribution in [-0.2, 0) is 11.2 Å². The molecule has 0 amide bonds. The zero-order chi connectivity index (χ0) is 9.14. The second-order valence-electron chi connectivity index (χ2n) is 2.17. The van der Waals surface area contributed by atoms with E-state index in [0.29, 0.717) is 15.3 Å². The van der Waals surface area contributed by atoms with Crippen LogP contribution in [-0.4, -0.2) is 16.1 Å². The molecule has 1 aromatic rings. The third-order valence-electron chi connectivity index (χ3n) is 1.14. The number of hydrogen-bond acceptors (Lipinski definition) is 2. The Morgan fingerprint density at radius 1 is 1.67 bits per heavy atom. The van der Waals surface area contributed by atoms with E-state index in [1.54, 1.807) is 6.07 Å². The van der Waals surface area contributed by atoms with Crippen LogP contribution in [0.3, 0.4) is 0 Å². The molecule has 1 rings (SSSR count). The van der Waals surface area contributed by atoms with Gasteiger partial charge in [0, 0.05) is 5.02 Å². The maximum Gasteiger partial charge on any atom is 0.309 e. The van der Waals surface area contributed by atoms with Crippen LogP contribution in [0, 0.1) is 0 Å². The Morgan fingerprint density at radius 2 is 2.33 bits per heavy atom. The Labute approximate surface area is 82.5 Å². The minimum Gasteiger partial charge on any atom is -0.481 e. The summed E-state index contributed by atoms with van der Waals surface area (Å²) < 4.78 is 0.547. The van der Waals surface area contributed by atoms with E-state index < -0.39 is 5.97 Å². The molecule has 0 unspecified atom stereocenters. The van der Waals surface area contributed by atoms with E-state index in [-0.39, 0.29) is 6.42 Å². The number of aromatic nitrogens is 1. The van der Waals surface area contributed by atoms with Gasteiger partial charge in [0.1, 0.15) is 4.60 Å². The van der Waals surface area contributed by atoms with Gasteiger partial charge in [0.05, 0.1) is 12.1 Å². The van der Waals surface area contributed by atoms with Crippen molar-refractivity contribution in [2.24, 2.45) is 0 Å². The average molecular weight is 250 g/mol. The van der Waals surface area contributed by atoms with Crippen LogP contribution in [0.15, 0.2) is 16.7 Å². The molecule has 0 aliphatic heterocycles. The topological polar surface area (TPSA) is 50.2 Å². The first kappa shape index (κ1) is 9.48. The molecule has 0 fully saturated rings. The average Bonchev–Trinajstić information content (AvgIpc) is 1.81. The molecule has 0 aliphatic rings. The lowest BCUT2D eigenvalue weighted by Crippen LogP contribution is -2.02. The molecule has 0 atom stereocenters. The fraction of sp³-hybridized carbons (Fsp3) is 0.143. The lowest BCUT2D eigenvalue weighted by atomic mass is 10.3. The molecule has 0 spiro atoms. The van der Waals surface area contributed by atoms with Gasteiger partial charge in [0.25, 0.3) is 0 Å². The molecular weight excluding hydrogens is 245 g/mol. The Bertz CT molecular complexity index is 296. The Morgan fingerprint density at radius 3 is 2.83 bits per heavy atom. The second-order valence-corrected chi connectivity index (χ2v) is 3.42. The highest BCUT2D eigenvalue weighted by Crippen LogP contribution is 2.16. The molecule has 3 nitrogen and oxygen atoms in total. The quantitative estimate of drug-likeness (QED) is 0.818. The van der Waals surface area contributed by atoms with Gasteiger partial charge in [-0.15, -0.1) is 0 Å². The van der Waals surface area contributed by atoms with Crippen molar-refractivity contribution < 1.29 is 9.90 Å². The zero-order valence-corrected chi connectivity index (χ0v) is 8.26. The molecule has 1 aromatic heterocycles. The standard InChI is InChI=1S/C7H5BrClNO2/c8-6-2-4(9)1-5(10-6)3-7(11)12/h1-2H,3H2,(H,11,12). The zero-order valence-electron chi connectivity index (χ0n) is 5.92. The number of hydrogen-bond donors (Lipinski definition) is 1. The fourth-order valence-corrected chi connectivity index (χ4v) is 1.60. The molecule has 64 valence electrons. The van der Waals surface area contributed by atoms with Crippen molar-refractivity contribution in [1.82, 2.24) is 4.98 Å². The van der Waals surface area contributed by atoms with Gasteiger partial charge in [-0.25, -0.2) is 4.98 Å². The predicted octanol–water partition coefficient (Wildman–Crippen LogP) is 2.12. The highest BCUT2D eigenvalue weighted by Gasteiger charge is 2.03. The van der Waals surface area contributed by atoms with Crippen molar-refractivity contribution in [2.75, 3.05) is 0 Å². The van der Waals surface area contributed by atoms with Crippen molar-refractivity contribution in [3.8, 4) is 0 Å². The molecule has 0 aliphatic carbocycles. The van der Waals surface area contributed by atoms with Crippen molar-refractivity contribution in [1.29, 1.82) is 0 Å². The van der Waals surface area contributed by atoms with Crippen molar-refractivity contribution >= 4 is 33.5 Å². The lowest BCUT2D eigenvalue weighted by molar-refractivity contribution is -0.136. The SMILES string of the molecule is O=C(O)Cc1cc(Cl)cc(Br)n1. The van der Waals surface area contributed by atoms with Gasteiger partial charge in [-0.3, -0.25) is 4.79 Å². The van der Waals surface area contributed by atoms with Crippen LogP contribution in [0.4, 0.5) is 0 Å². The summed E-state index contributed by atoms with van der Waals surface area (Å²) in [5.74, 6) is -0.920. The van der Waals surface area contributed by atoms with Gasteiger partial charge in [-0.05, 0) is 28.1 Å². The van der Waals surface area contributed by atoms with Gasteiger partial charge >= 0.3 is 5.97 Å². The van der Waals surface area contributed by atoms with E-state index in [1.165, 1.54) is 6.07 Å². The number of pyridine rings is 1. The van der Waals surface area contributed by atoms with E-state index in [9.17, 15) is 4.79 Å². The molecule has 0 aromatic carbocycles. The summed E-state index contributed by atoms with van der Waals surface area (Å²) in [5.41, 5.74) is 0.446. The third kappa shape index (κ3) is 2.79. The summed E-state index contributed by atoms with van der Waals surface area (Å²) in [4.78, 5) is 14.2. The molecule has 0 saturated carbocycles. The van der Waals surface area contributed by atoms with E-state index in [0.717, 1.165) is 0 Å². The molecule has 5 heteroatoms. The molecular formula is C7H5BrClNO2. The van der Waals surface area contributed by atoms with Crippen molar-refractivity contribution in [3.05, 3.63) is 27.5 Å². The summed E-state index contributed by atoms with van der Waals surface area (Å²) in [5, 5.41) is 8.93. The third-order valence-corrected chi connectivity index (χ3v) is 1.77. The molecule has 0 saturated heterocycles. The number of carboxylic acid groups (broad SMARTS) is 1. The molecule has 0 bridgehead atoms. The van der Waals surface area contributed by atoms with Gasteiger partial charge in [-0.1, -0.05) is 11.6 Å². The Hall–Kier alpha value is -0.610. The highest BCUT2D eigenvalue weighted by atomic mass is 79.9. The maximum atomic E-state index is 10.3. The van der Waals surface area contributed by atoms with Crippen LogP contribution in [0.1, 0.15) is 5.69 Å². The summed E-state index contributed by atoms with van der Waals surface area (Å²) in [6.45, 7) is 0. The number of carbonyl (C=O) groups is 1. The van der Waals surface area contributed by atoms with Crippen LogP contribution in [0.25, 0.3) is 0 Å². The smallest absolute Gasteiger partial charge is 0.309 e. The minimum absolute atomic E-state index is 0.112. The first-order valence-electron chi connectivity index (χ1n) is 3.11. The summed E-state index contributed by atoms with van der Waals surface area (Å²) >= 11 is 8.79. The molecule has 1 N–H and O–H groups in total. The van der Waals surface area contributed by atoms with Crippen LogP contribution in [0.5, 0.6) is 0 Å². The molecule has 1 heterocycles. The van der Waals surface area contributed by atoms with Crippen molar-refractivity contribution in [2.45, 2.75) is 6.42 Å². The first-order valence-corrected chi connectivity index (χ1v) is 4.29. The number of carboxylic acids is 1. The van der Waals surface area contributed by atoms with Gasteiger partial charge < -0.3 is 5.11 Å². The highest BCUT2D eigenvalue weighted by molar-refractivity contribution is 9.10. The predicted molar refractivity (Wildman–Crippen MR) is 48.3 cm³/mol. The van der Waals surface area contributed by atoms with Crippen LogP contribution in [0.2, 0.25) is 5.02 Å². The summed E-state index contributed by atoms with van der Waals surface area (Å²) in [6.07, 6.45) is -0.112. The van der Waals surface area contributed by atoms with Crippen LogP contribution < -0.4 is 0 Å². The molecule has 0 radical (unpaired) electrons. The normalized spacial score (nSPS) is 9.83. The number of aliphatic carboxylic acids is 1. The summed E-state index contributed by atoms with van der Waals surface area (Å²) in [6, 6.07) is 3.13. The lowest BCUT2D eigenvalue weighted by Gasteiger charge is -1.97. The van der Waals surface area contributed by atoms with Gasteiger partial charge in [-0.2, -0.15) is 0 Å². The van der Waals surface area contributed by atoms with E-state index in [1.807, 2.05) is 0 Å². The van der Waals surface area contributed by atoms with E-state index >= 15 is 0 Å². The maximum absolute atomic E-state index is 10.3. The summed E-state index contributed by atoms with van der Waals surface area (Å²) in [7, 11) is 0. The van der Waals surface area contributed by atoms with Gasteiger partial charge in [0.15, 0.2) is 0 Å². The first-order chi connectivity index (χ1) is 5.58. The number of rotatable bonds is 2. The van der Waals surface area contributed by atoms with Gasteiger partial charge in [0.2, 0.25) is 0 Å². The Kier molecular flexibility index (Phi) is 3.05.